The zero-order chi connectivity index (χ0) is 26.0. The lowest BCUT2D eigenvalue weighted by molar-refractivity contribution is 0.662. The Kier molecular flexibility index (Phi) is 6.88. The van der Waals surface area contributed by atoms with Gasteiger partial charge >= 0.3 is 0 Å². The first kappa shape index (κ1) is 25.2. The summed E-state index contributed by atoms with van der Waals surface area (Å²) in [6.07, 6.45) is 4.21. The van der Waals surface area contributed by atoms with E-state index in [0.29, 0.717) is 0 Å². The Morgan fingerprint density at radius 1 is 0.730 bits per heavy atom. The second-order valence-corrected chi connectivity index (χ2v) is 15.0. The Bertz CT molecular complexity index is 1470. The highest BCUT2D eigenvalue weighted by Crippen LogP contribution is 2.66. The molecular weight excluding hydrogens is 471 g/mol. The van der Waals surface area contributed by atoms with E-state index in [9.17, 15) is 0 Å². The molecule has 1 atom stereocenters. The molecule has 5 heteroatoms. The molecule has 0 aliphatic rings. The Morgan fingerprint density at radius 2 is 1.30 bits per heavy atom. The standard InChI is InChI=1S/C32H36N4P/c1-6-32(3,4)37(5,7-2)28-23-24-33-36(28)31-29(25-17-11-8-12-18-25)34-35(27-21-15-10-16-22-27)30(31)26-19-13-9-14-20-26/h8-24H,6-7H2,1-5H3/q+1. The van der Waals surface area contributed by atoms with Gasteiger partial charge in [-0.15, -0.1) is 0 Å². The van der Waals surface area contributed by atoms with Crippen LogP contribution in [0.2, 0.25) is 0 Å². The zero-order valence-corrected chi connectivity index (χ0v) is 23.4. The Hall–Kier alpha value is -3.49. The molecule has 4 nitrogen and oxygen atoms in total. The fraction of sp³-hybridized carbons (Fsp3) is 0.250. The topological polar surface area (TPSA) is 35.6 Å². The van der Waals surface area contributed by atoms with Crippen molar-refractivity contribution in [2.45, 2.75) is 39.3 Å². The van der Waals surface area contributed by atoms with Crippen molar-refractivity contribution in [1.82, 2.24) is 19.6 Å². The quantitative estimate of drug-likeness (QED) is 0.200. The van der Waals surface area contributed by atoms with Crippen molar-refractivity contribution < 1.29 is 0 Å². The monoisotopic (exact) mass is 507 g/mol. The number of para-hydroxylation sites is 1. The van der Waals surface area contributed by atoms with Crippen LogP contribution in [0.25, 0.3) is 33.9 Å². The third kappa shape index (κ3) is 4.34. The van der Waals surface area contributed by atoms with Crippen LogP contribution in [0.4, 0.5) is 0 Å². The SMILES string of the molecule is CCC(C)(C)[P+](C)(CC)c1ccnn1-c1c(-c2ccccc2)nn(-c2ccccc2)c1-c1ccccc1. The van der Waals surface area contributed by atoms with Crippen LogP contribution in [0, 0.1) is 0 Å². The number of benzene rings is 3. The molecule has 5 rings (SSSR count). The maximum atomic E-state index is 5.28. The molecule has 0 aliphatic heterocycles. The van der Waals surface area contributed by atoms with Gasteiger partial charge in [0.15, 0.2) is 5.44 Å². The average Bonchev–Trinajstić information content (AvgIpc) is 3.59. The minimum Gasteiger partial charge on any atom is -0.230 e. The smallest absolute Gasteiger partial charge is 0.186 e. The first-order chi connectivity index (χ1) is 17.9. The van der Waals surface area contributed by atoms with Gasteiger partial charge in [-0.3, -0.25) is 0 Å². The van der Waals surface area contributed by atoms with Crippen LogP contribution >= 0.6 is 7.26 Å². The van der Waals surface area contributed by atoms with Crippen LogP contribution in [0.1, 0.15) is 34.1 Å². The average molecular weight is 508 g/mol. The van der Waals surface area contributed by atoms with Gasteiger partial charge in [0.25, 0.3) is 0 Å². The van der Waals surface area contributed by atoms with Gasteiger partial charge in [-0.1, -0.05) is 85.8 Å². The van der Waals surface area contributed by atoms with Gasteiger partial charge in [0, 0.05) is 17.2 Å². The largest absolute Gasteiger partial charge is 0.230 e. The van der Waals surface area contributed by atoms with Gasteiger partial charge in [0.2, 0.25) is 0 Å². The fourth-order valence-electron chi connectivity index (χ4n) is 5.10. The van der Waals surface area contributed by atoms with Crippen LogP contribution in [0.5, 0.6) is 0 Å². The molecule has 0 saturated heterocycles. The second kappa shape index (κ2) is 10.1. The number of rotatable bonds is 8. The molecule has 0 spiro atoms. The van der Waals surface area contributed by atoms with Crippen LogP contribution in [0.3, 0.4) is 0 Å². The normalized spacial score (nSPS) is 13.4. The molecule has 0 aliphatic carbocycles. The summed E-state index contributed by atoms with van der Waals surface area (Å²) in [5.41, 5.74) is 7.57. The van der Waals surface area contributed by atoms with Crippen molar-refractivity contribution in [3.8, 4) is 33.9 Å². The first-order valence-corrected chi connectivity index (χ1v) is 15.5. The summed E-state index contributed by atoms with van der Waals surface area (Å²) in [7, 11) is -1.58. The summed E-state index contributed by atoms with van der Waals surface area (Å²) < 4.78 is 4.30. The van der Waals surface area contributed by atoms with E-state index >= 15 is 0 Å². The van der Waals surface area contributed by atoms with Gasteiger partial charge < -0.3 is 0 Å². The maximum Gasteiger partial charge on any atom is 0.186 e. The molecule has 0 radical (unpaired) electrons. The molecule has 3 aromatic carbocycles. The zero-order valence-electron chi connectivity index (χ0n) is 22.5. The Balaban J connectivity index is 1.90. The van der Waals surface area contributed by atoms with E-state index in [1.54, 1.807) is 0 Å². The Labute approximate surface area is 221 Å². The fourth-order valence-corrected chi connectivity index (χ4v) is 8.57. The number of nitrogens with zero attached hydrogens (tertiary/aromatic N) is 4. The predicted molar refractivity (Wildman–Crippen MR) is 159 cm³/mol. The van der Waals surface area contributed by atoms with Crippen LogP contribution < -0.4 is 5.44 Å². The molecule has 37 heavy (non-hydrogen) atoms. The molecule has 1 unspecified atom stereocenters. The summed E-state index contributed by atoms with van der Waals surface area (Å²) in [5, 5.41) is 10.5. The van der Waals surface area contributed by atoms with E-state index in [1.807, 2.05) is 12.3 Å². The molecule has 0 fully saturated rings. The lowest BCUT2D eigenvalue weighted by Gasteiger charge is -2.36. The van der Waals surface area contributed by atoms with Crippen molar-refractivity contribution >= 4 is 12.7 Å². The minimum atomic E-state index is -1.58. The van der Waals surface area contributed by atoms with Crippen molar-refractivity contribution in [2.24, 2.45) is 0 Å². The molecule has 0 amide bonds. The number of hydrogen-bond donors (Lipinski definition) is 0. The van der Waals surface area contributed by atoms with Crippen molar-refractivity contribution in [3.63, 3.8) is 0 Å². The molecule has 188 valence electrons. The third-order valence-corrected chi connectivity index (χ3v) is 13.7. The highest BCUT2D eigenvalue weighted by molar-refractivity contribution is 7.83. The maximum absolute atomic E-state index is 5.28. The molecule has 2 heterocycles. The number of hydrogen-bond acceptors (Lipinski definition) is 2. The lowest BCUT2D eigenvalue weighted by atomic mass is 10.1. The third-order valence-electron chi connectivity index (χ3n) is 8.13. The van der Waals surface area contributed by atoms with E-state index in [1.165, 1.54) is 5.44 Å². The Morgan fingerprint density at radius 3 is 1.86 bits per heavy atom. The summed E-state index contributed by atoms with van der Waals surface area (Å²) in [5.74, 6) is 0. The van der Waals surface area contributed by atoms with Gasteiger partial charge in [-0.05, 0) is 39.3 Å². The van der Waals surface area contributed by atoms with Crippen molar-refractivity contribution in [1.29, 1.82) is 0 Å². The van der Waals surface area contributed by atoms with Crippen LogP contribution in [-0.2, 0) is 0 Å². The van der Waals surface area contributed by atoms with Gasteiger partial charge in [-0.2, -0.15) is 14.9 Å². The molecule has 0 bridgehead atoms. The van der Waals surface area contributed by atoms with Crippen molar-refractivity contribution in [3.05, 3.63) is 103 Å². The van der Waals surface area contributed by atoms with Gasteiger partial charge in [0.1, 0.15) is 17.1 Å². The van der Waals surface area contributed by atoms with E-state index < -0.39 is 7.26 Å². The van der Waals surface area contributed by atoms with Gasteiger partial charge in [-0.25, -0.2) is 4.68 Å². The van der Waals surface area contributed by atoms with Gasteiger partial charge in [0.05, 0.1) is 37.1 Å². The predicted octanol–water partition coefficient (Wildman–Crippen LogP) is 7.87. The minimum absolute atomic E-state index is 0.189. The van der Waals surface area contributed by atoms with E-state index in [2.05, 4.69) is 135 Å². The molecule has 5 aromatic rings. The second-order valence-electron chi connectivity index (χ2n) is 10.3. The summed E-state index contributed by atoms with van der Waals surface area (Å²) in [6.45, 7) is 12.0. The molecule has 0 saturated carbocycles. The van der Waals surface area contributed by atoms with Crippen LogP contribution in [-0.4, -0.2) is 37.5 Å². The van der Waals surface area contributed by atoms with Crippen molar-refractivity contribution in [2.75, 3.05) is 12.8 Å². The summed E-state index contributed by atoms with van der Waals surface area (Å²) in [4.78, 5) is 0. The lowest BCUT2D eigenvalue weighted by Crippen LogP contribution is -2.35. The van der Waals surface area contributed by atoms with E-state index in [0.717, 1.165) is 46.5 Å². The molecular formula is C32H36N4P+. The van der Waals surface area contributed by atoms with E-state index in [4.69, 9.17) is 10.2 Å². The molecule has 0 N–H and O–H groups in total. The summed E-state index contributed by atoms with van der Waals surface area (Å²) in [6, 6.07) is 33.7. The first-order valence-electron chi connectivity index (χ1n) is 13.1. The highest BCUT2D eigenvalue weighted by Gasteiger charge is 2.50. The highest BCUT2D eigenvalue weighted by atomic mass is 31.2. The molecule has 2 aromatic heterocycles. The van der Waals surface area contributed by atoms with Crippen LogP contribution in [0.15, 0.2) is 103 Å². The number of aromatic nitrogens is 4. The summed E-state index contributed by atoms with van der Waals surface area (Å²) >= 11 is 0. The van der Waals surface area contributed by atoms with E-state index in [-0.39, 0.29) is 5.16 Å².